The molecule has 1 saturated heterocycles. The van der Waals surface area contributed by atoms with E-state index >= 15 is 0 Å². The lowest BCUT2D eigenvalue weighted by molar-refractivity contribution is 0.102. The van der Waals surface area contributed by atoms with Crippen molar-refractivity contribution in [2.45, 2.75) is 13.0 Å². The van der Waals surface area contributed by atoms with E-state index in [1.807, 2.05) is 0 Å². The summed E-state index contributed by atoms with van der Waals surface area (Å²) in [4.78, 5) is 32.5. The van der Waals surface area contributed by atoms with E-state index in [9.17, 15) is 14.0 Å². The molecule has 2 heterocycles. The largest absolute Gasteiger partial charge is 0.442 e. The molecule has 1 aliphatic rings. The molecule has 10 heteroatoms. The Kier molecular flexibility index (Phi) is 5.12. The lowest BCUT2D eigenvalue weighted by atomic mass is 10.1. The van der Waals surface area contributed by atoms with Crippen LogP contribution in [0, 0.1) is 5.82 Å². The molecule has 3 rings (SSSR count). The van der Waals surface area contributed by atoms with Crippen LogP contribution in [0.25, 0.3) is 0 Å². The number of ether oxygens (including phenoxy) is 1. The van der Waals surface area contributed by atoms with Crippen molar-refractivity contribution in [3.63, 3.8) is 0 Å². The van der Waals surface area contributed by atoms with Gasteiger partial charge in [0.2, 0.25) is 5.95 Å². The van der Waals surface area contributed by atoms with Crippen molar-refractivity contribution in [3.8, 4) is 0 Å². The number of imidazole rings is 1. The number of benzene rings is 1. The summed E-state index contributed by atoms with van der Waals surface area (Å²) in [6.07, 6.45) is 2.02. The van der Waals surface area contributed by atoms with Crippen LogP contribution in [0.2, 0.25) is 0 Å². The molecule has 3 N–H and O–H groups in total. The summed E-state index contributed by atoms with van der Waals surface area (Å²) < 4.78 is 19.6. The molecule has 1 atom stereocenters. The lowest BCUT2D eigenvalue weighted by Gasteiger charge is -2.14. The van der Waals surface area contributed by atoms with E-state index < -0.39 is 23.9 Å². The van der Waals surface area contributed by atoms with Gasteiger partial charge < -0.3 is 15.0 Å². The van der Waals surface area contributed by atoms with E-state index in [0.717, 1.165) is 6.07 Å². The molecule has 0 radical (unpaired) electrons. The van der Waals surface area contributed by atoms with E-state index in [4.69, 9.17) is 17.0 Å². The molecule has 8 nitrogen and oxygen atoms in total. The number of carbonyl (C=O) groups excluding carboxylic acids is 2. The van der Waals surface area contributed by atoms with Gasteiger partial charge in [-0.3, -0.25) is 15.0 Å². The summed E-state index contributed by atoms with van der Waals surface area (Å²) in [6.45, 7) is 2.36. The molecule has 1 aliphatic heterocycles. The number of aromatic amines is 1. The summed E-state index contributed by atoms with van der Waals surface area (Å²) in [5, 5.41) is 5.37. The molecule has 0 bridgehead atoms. The molecule has 0 unspecified atom stereocenters. The SMILES string of the molecule is CC(=S)NC[C@H]1CN(c2ccc(C(=O)Nc3ncc[nH]3)c(F)c2)C(=O)O1. The molecule has 136 valence electrons. The summed E-state index contributed by atoms with van der Waals surface area (Å²) in [5.41, 5.74) is 0.149. The van der Waals surface area contributed by atoms with Gasteiger partial charge in [0.1, 0.15) is 11.9 Å². The minimum atomic E-state index is -0.754. The van der Waals surface area contributed by atoms with Gasteiger partial charge in [0.05, 0.1) is 29.3 Å². The van der Waals surface area contributed by atoms with Gasteiger partial charge in [0, 0.05) is 12.4 Å². The Morgan fingerprint density at radius 2 is 2.35 bits per heavy atom. The van der Waals surface area contributed by atoms with Gasteiger partial charge in [-0.05, 0) is 25.1 Å². The first kappa shape index (κ1) is 17.8. The number of rotatable bonds is 5. The molecule has 2 aromatic rings. The normalized spacial score (nSPS) is 16.3. The smallest absolute Gasteiger partial charge is 0.414 e. The number of thiocarbonyl (C=S) groups is 1. The van der Waals surface area contributed by atoms with Crippen LogP contribution in [0.4, 0.5) is 20.8 Å². The van der Waals surface area contributed by atoms with Crippen molar-refractivity contribution < 1.29 is 18.7 Å². The second-order valence-electron chi connectivity index (χ2n) is 5.61. The molecule has 1 aromatic heterocycles. The van der Waals surface area contributed by atoms with Crippen LogP contribution in [0.15, 0.2) is 30.6 Å². The minimum Gasteiger partial charge on any atom is -0.442 e. The van der Waals surface area contributed by atoms with Gasteiger partial charge in [-0.2, -0.15) is 0 Å². The van der Waals surface area contributed by atoms with Gasteiger partial charge in [0.15, 0.2) is 0 Å². The first-order valence-electron chi connectivity index (χ1n) is 7.77. The van der Waals surface area contributed by atoms with Gasteiger partial charge >= 0.3 is 6.09 Å². The number of H-pyrrole nitrogens is 1. The van der Waals surface area contributed by atoms with Crippen LogP contribution >= 0.6 is 12.2 Å². The maximum absolute atomic E-state index is 14.4. The molecular formula is C16H16FN5O3S. The first-order chi connectivity index (χ1) is 12.4. The van der Waals surface area contributed by atoms with Crippen LogP contribution in [0.1, 0.15) is 17.3 Å². The topological polar surface area (TPSA) is 99.4 Å². The monoisotopic (exact) mass is 377 g/mol. The number of nitrogens with one attached hydrogen (secondary N) is 3. The van der Waals surface area contributed by atoms with Gasteiger partial charge in [-0.1, -0.05) is 12.2 Å². The molecule has 26 heavy (non-hydrogen) atoms. The third-order valence-corrected chi connectivity index (χ3v) is 3.84. The zero-order valence-electron chi connectivity index (χ0n) is 13.8. The van der Waals surface area contributed by atoms with E-state index in [0.29, 0.717) is 17.2 Å². The van der Waals surface area contributed by atoms with Crippen molar-refractivity contribution in [1.29, 1.82) is 0 Å². The fourth-order valence-electron chi connectivity index (χ4n) is 2.46. The van der Waals surface area contributed by atoms with Crippen molar-refractivity contribution in [2.75, 3.05) is 23.3 Å². The molecule has 0 aliphatic carbocycles. The Hall–Kier alpha value is -3.01. The van der Waals surface area contributed by atoms with E-state index in [1.165, 1.54) is 29.4 Å². The van der Waals surface area contributed by atoms with Gasteiger partial charge in [-0.15, -0.1) is 0 Å². The Morgan fingerprint density at radius 3 is 3.00 bits per heavy atom. The maximum Gasteiger partial charge on any atom is 0.414 e. The summed E-state index contributed by atoms with van der Waals surface area (Å²) in [6, 6.07) is 3.92. The predicted molar refractivity (Wildman–Crippen MR) is 96.8 cm³/mol. The van der Waals surface area contributed by atoms with Crippen LogP contribution in [-0.4, -0.2) is 46.2 Å². The summed E-state index contributed by atoms with van der Waals surface area (Å²) in [7, 11) is 0. The number of carbonyl (C=O) groups is 2. The van der Waals surface area contributed by atoms with Crippen LogP contribution < -0.4 is 15.5 Å². The fourth-order valence-corrected chi connectivity index (χ4v) is 2.54. The highest BCUT2D eigenvalue weighted by Crippen LogP contribution is 2.24. The number of anilines is 2. The number of nitrogens with zero attached hydrogens (tertiary/aromatic N) is 2. The molecule has 1 fully saturated rings. The fraction of sp³-hybridized carbons (Fsp3) is 0.250. The molecular weight excluding hydrogens is 361 g/mol. The van der Waals surface area contributed by atoms with Gasteiger partial charge in [0.25, 0.3) is 5.91 Å². The van der Waals surface area contributed by atoms with E-state index in [1.54, 1.807) is 6.92 Å². The average molecular weight is 377 g/mol. The zero-order chi connectivity index (χ0) is 18.7. The van der Waals surface area contributed by atoms with E-state index in [2.05, 4.69) is 20.6 Å². The molecule has 0 spiro atoms. The number of hydrogen-bond donors (Lipinski definition) is 3. The highest BCUT2D eigenvalue weighted by Gasteiger charge is 2.32. The molecule has 1 aromatic carbocycles. The number of halogens is 1. The van der Waals surface area contributed by atoms with Gasteiger partial charge in [-0.25, -0.2) is 14.2 Å². The quantitative estimate of drug-likeness (QED) is 0.690. The predicted octanol–water partition coefficient (Wildman–Crippen LogP) is 2.06. The number of cyclic esters (lactones) is 1. The minimum absolute atomic E-state index is 0.160. The Bertz CT molecular complexity index is 842. The first-order valence-corrected chi connectivity index (χ1v) is 8.17. The second-order valence-corrected chi connectivity index (χ2v) is 6.22. The van der Waals surface area contributed by atoms with Crippen molar-refractivity contribution in [3.05, 3.63) is 42.0 Å². The maximum atomic E-state index is 14.4. The summed E-state index contributed by atoms with van der Waals surface area (Å²) >= 11 is 4.92. The van der Waals surface area contributed by atoms with E-state index in [-0.39, 0.29) is 18.1 Å². The second kappa shape index (κ2) is 7.48. The van der Waals surface area contributed by atoms with Crippen molar-refractivity contribution in [2.24, 2.45) is 0 Å². The number of hydrogen-bond acceptors (Lipinski definition) is 5. The van der Waals surface area contributed by atoms with Crippen molar-refractivity contribution >= 4 is 40.8 Å². The Morgan fingerprint density at radius 1 is 1.54 bits per heavy atom. The Labute approximate surface area is 153 Å². The third-order valence-electron chi connectivity index (χ3n) is 3.69. The highest BCUT2D eigenvalue weighted by molar-refractivity contribution is 7.80. The molecule has 2 amide bonds. The Balaban J connectivity index is 1.70. The van der Waals surface area contributed by atoms with Crippen molar-refractivity contribution in [1.82, 2.24) is 15.3 Å². The zero-order valence-corrected chi connectivity index (χ0v) is 14.6. The highest BCUT2D eigenvalue weighted by atomic mass is 32.1. The lowest BCUT2D eigenvalue weighted by Crippen LogP contribution is -2.32. The molecule has 0 saturated carbocycles. The number of aromatic nitrogens is 2. The third kappa shape index (κ3) is 3.97. The average Bonchev–Trinajstić information content (AvgIpc) is 3.22. The van der Waals surface area contributed by atoms with Crippen LogP contribution in [-0.2, 0) is 4.74 Å². The van der Waals surface area contributed by atoms with Crippen LogP contribution in [0.3, 0.4) is 0 Å². The standard InChI is InChI=1S/C16H16FN5O3S/c1-9(26)20-7-11-8-22(16(24)25-11)10-2-3-12(13(17)6-10)14(23)21-15-18-4-5-19-15/h2-6,11H,7-8H2,1H3,(H,20,26)(H2,18,19,21,23)/t11-/m0/s1. The summed E-state index contributed by atoms with van der Waals surface area (Å²) in [5.74, 6) is -1.19. The number of amides is 2. The van der Waals surface area contributed by atoms with Crippen LogP contribution in [0.5, 0.6) is 0 Å².